The second kappa shape index (κ2) is 2.72. The fourth-order valence-electron chi connectivity index (χ4n) is 0.705. The molecule has 1 aliphatic heterocycles. The van der Waals surface area contributed by atoms with E-state index in [1.165, 1.54) is 0 Å². The van der Waals surface area contributed by atoms with Gasteiger partial charge in [-0.2, -0.15) is 10.5 Å². The highest BCUT2D eigenvalue weighted by Gasteiger charge is 2.17. The number of hydrogen-bond donors (Lipinski definition) is 2. The Balaban J connectivity index is 2.92. The molecule has 1 amide bonds. The quantitative estimate of drug-likeness (QED) is 0.445. The summed E-state index contributed by atoms with van der Waals surface area (Å²) in [7, 11) is 0. The minimum Gasteiger partial charge on any atom is -0.300 e. The van der Waals surface area contributed by atoms with E-state index in [1.54, 1.807) is 12.1 Å². The maximum absolute atomic E-state index is 10.6. The van der Waals surface area contributed by atoms with Crippen molar-refractivity contribution in [1.82, 2.24) is 10.9 Å². The number of amides is 1. The molecule has 1 saturated heterocycles. The molecule has 54 valence electrons. The average molecular weight is 148 g/mol. The van der Waals surface area contributed by atoms with E-state index in [2.05, 4.69) is 10.9 Å². The highest BCUT2D eigenvalue weighted by atomic mass is 16.2. The van der Waals surface area contributed by atoms with E-state index in [1.807, 2.05) is 0 Å². The molecule has 0 aromatic carbocycles. The van der Waals surface area contributed by atoms with Crippen molar-refractivity contribution in [3.63, 3.8) is 0 Å². The first-order chi connectivity index (χ1) is 5.27. The molecule has 1 aliphatic rings. The second-order valence-corrected chi connectivity index (χ2v) is 1.93. The molecule has 0 saturated carbocycles. The van der Waals surface area contributed by atoms with Crippen LogP contribution in [0.5, 0.6) is 0 Å². The summed E-state index contributed by atoms with van der Waals surface area (Å²) in [6.45, 7) is 0. The highest BCUT2D eigenvalue weighted by Crippen LogP contribution is 2.07. The third-order valence-electron chi connectivity index (χ3n) is 1.22. The van der Waals surface area contributed by atoms with Gasteiger partial charge in [0.25, 0.3) is 0 Å². The monoisotopic (exact) mass is 148 g/mol. The van der Waals surface area contributed by atoms with Crippen LogP contribution in [-0.4, -0.2) is 5.91 Å². The summed E-state index contributed by atoms with van der Waals surface area (Å²) in [6, 6.07) is 3.36. The maximum atomic E-state index is 10.6. The van der Waals surface area contributed by atoms with Gasteiger partial charge in [0.05, 0.1) is 12.1 Å². The van der Waals surface area contributed by atoms with Crippen LogP contribution in [0, 0.1) is 22.7 Å². The molecule has 0 spiro atoms. The Labute approximate surface area is 62.9 Å². The third kappa shape index (κ3) is 1.28. The topological polar surface area (TPSA) is 88.7 Å². The van der Waals surface area contributed by atoms with Crippen LogP contribution in [0.2, 0.25) is 0 Å². The molecule has 0 radical (unpaired) electrons. The Bertz CT molecular complexity index is 288. The van der Waals surface area contributed by atoms with Gasteiger partial charge in [-0.15, -0.1) is 0 Å². The third-order valence-corrected chi connectivity index (χ3v) is 1.22. The van der Waals surface area contributed by atoms with E-state index >= 15 is 0 Å². The molecule has 0 aliphatic carbocycles. The number of carbonyl (C=O) groups is 1. The second-order valence-electron chi connectivity index (χ2n) is 1.93. The number of allylic oxidation sites excluding steroid dienone is 1. The molecule has 1 heterocycles. The largest absolute Gasteiger partial charge is 0.300 e. The van der Waals surface area contributed by atoms with E-state index < -0.39 is 0 Å². The van der Waals surface area contributed by atoms with Crippen LogP contribution >= 0.6 is 0 Å². The van der Waals surface area contributed by atoms with Crippen LogP contribution in [0.15, 0.2) is 11.3 Å². The van der Waals surface area contributed by atoms with Crippen molar-refractivity contribution in [2.75, 3.05) is 0 Å². The Hall–Kier alpha value is -2.01. The fraction of sp³-hybridized carbons (Fsp3) is 0.167. The number of nitrogens with zero attached hydrogens (tertiary/aromatic N) is 2. The van der Waals surface area contributed by atoms with Crippen molar-refractivity contribution in [1.29, 1.82) is 10.5 Å². The predicted molar refractivity (Wildman–Crippen MR) is 34.1 cm³/mol. The van der Waals surface area contributed by atoms with Gasteiger partial charge >= 0.3 is 0 Å². The van der Waals surface area contributed by atoms with Crippen molar-refractivity contribution in [2.24, 2.45) is 0 Å². The molecule has 5 nitrogen and oxygen atoms in total. The number of hydrazine groups is 1. The molecular formula is C6H4N4O. The minimum atomic E-state index is -0.233. The predicted octanol–water partition coefficient (Wildman–Crippen LogP) is -0.688. The molecule has 0 unspecified atom stereocenters. The molecular weight excluding hydrogens is 144 g/mol. The molecule has 1 rings (SSSR count). The summed E-state index contributed by atoms with van der Waals surface area (Å²) in [6.07, 6.45) is 0.0798. The van der Waals surface area contributed by atoms with Crippen molar-refractivity contribution in [3.8, 4) is 12.1 Å². The number of rotatable bonds is 0. The molecule has 11 heavy (non-hydrogen) atoms. The molecule has 5 heteroatoms. The first-order valence-corrected chi connectivity index (χ1v) is 2.86. The summed E-state index contributed by atoms with van der Waals surface area (Å²) >= 11 is 0. The first-order valence-electron chi connectivity index (χ1n) is 2.86. The molecule has 0 aromatic rings. The zero-order valence-corrected chi connectivity index (χ0v) is 5.51. The number of nitrogens with one attached hydrogen (secondary N) is 2. The normalized spacial score (nSPS) is 14.4. The van der Waals surface area contributed by atoms with Crippen LogP contribution < -0.4 is 10.9 Å². The minimum absolute atomic E-state index is 0.0525. The Morgan fingerprint density at radius 2 is 2.00 bits per heavy atom. The van der Waals surface area contributed by atoms with E-state index in [0.29, 0.717) is 5.70 Å². The van der Waals surface area contributed by atoms with E-state index in [-0.39, 0.29) is 17.9 Å². The lowest BCUT2D eigenvalue weighted by Gasteiger charge is -1.93. The Kier molecular flexibility index (Phi) is 1.75. The molecule has 0 atom stereocenters. The summed E-state index contributed by atoms with van der Waals surface area (Å²) < 4.78 is 0. The summed E-state index contributed by atoms with van der Waals surface area (Å²) in [5.74, 6) is -0.233. The van der Waals surface area contributed by atoms with Gasteiger partial charge in [-0.25, -0.2) is 0 Å². The number of carbonyl (C=O) groups excluding carboxylic acids is 1. The van der Waals surface area contributed by atoms with Gasteiger partial charge in [-0.3, -0.25) is 10.2 Å². The van der Waals surface area contributed by atoms with Gasteiger partial charge in [0.15, 0.2) is 5.57 Å². The smallest absolute Gasteiger partial charge is 0.244 e. The lowest BCUT2D eigenvalue weighted by Crippen LogP contribution is -2.25. The molecule has 0 bridgehead atoms. The van der Waals surface area contributed by atoms with Gasteiger partial charge in [-0.1, -0.05) is 0 Å². The van der Waals surface area contributed by atoms with Gasteiger partial charge < -0.3 is 5.43 Å². The standard InChI is InChI=1S/C6H4N4O/c7-2-4(3-8)5-1-6(11)10-9-5/h9H,1H2,(H,10,11). The van der Waals surface area contributed by atoms with Crippen LogP contribution in [0.25, 0.3) is 0 Å². The van der Waals surface area contributed by atoms with Crippen LogP contribution in [-0.2, 0) is 4.79 Å². The number of nitriles is 2. The maximum Gasteiger partial charge on any atom is 0.244 e. The average Bonchev–Trinajstić information content (AvgIpc) is 2.39. The molecule has 2 N–H and O–H groups in total. The Morgan fingerprint density at radius 3 is 2.36 bits per heavy atom. The fourth-order valence-corrected chi connectivity index (χ4v) is 0.705. The lowest BCUT2D eigenvalue weighted by atomic mass is 10.2. The first kappa shape index (κ1) is 7.10. The van der Waals surface area contributed by atoms with Gasteiger partial charge in [0.1, 0.15) is 12.1 Å². The van der Waals surface area contributed by atoms with Crippen molar-refractivity contribution in [3.05, 3.63) is 11.3 Å². The lowest BCUT2D eigenvalue weighted by molar-refractivity contribution is -0.119. The van der Waals surface area contributed by atoms with Crippen LogP contribution in [0.4, 0.5) is 0 Å². The van der Waals surface area contributed by atoms with Crippen molar-refractivity contribution < 1.29 is 4.79 Å². The van der Waals surface area contributed by atoms with E-state index in [0.717, 1.165) is 0 Å². The summed E-state index contributed by atoms with van der Waals surface area (Å²) in [5, 5.41) is 16.7. The van der Waals surface area contributed by atoms with Crippen LogP contribution in [0.3, 0.4) is 0 Å². The van der Waals surface area contributed by atoms with Crippen molar-refractivity contribution in [2.45, 2.75) is 6.42 Å². The van der Waals surface area contributed by atoms with Crippen molar-refractivity contribution >= 4 is 5.91 Å². The Morgan fingerprint density at radius 1 is 1.36 bits per heavy atom. The SMILES string of the molecule is N#CC(C#N)=C1CC(=O)NN1. The van der Waals surface area contributed by atoms with Gasteiger partial charge in [0.2, 0.25) is 5.91 Å². The van der Waals surface area contributed by atoms with E-state index in [4.69, 9.17) is 10.5 Å². The zero-order valence-electron chi connectivity index (χ0n) is 5.51. The summed E-state index contributed by atoms with van der Waals surface area (Å²) in [5.41, 5.74) is 5.01. The van der Waals surface area contributed by atoms with Gasteiger partial charge in [0, 0.05) is 0 Å². The molecule has 1 fully saturated rings. The number of hydrogen-bond acceptors (Lipinski definition) is 4. The highest BCUT2D eigenvalue weighted by molar-refractivity contribution is 5.81. The summed E-state index contributed by atoms with van der Waals surface area (Å²) in [4.78, 5) is 10.6. The van der Waals surface area contributed by atoms with E-state index in [9.17, 15) is 4.79 Å². The van der Waals surface area contributed by atoms with Gasteiger partial charge in [-0.05, 0) is 0 Å². The molecule has 0 aromatic heterocycles. The van der Waals surface area contributed by atoms with Crippen LogP contribution in [0.1, 0.15) is 6.42 Å². The zero-order chi connectivity index (χ0) is 8.27.